The van der Waals surface area contributed by atoms with Crippen LogP contribution in [0.5, 0.6) is 5.75 Å². The van der Waals surface area contributed by atoms with Crippen LogP contribution in [-0.4, -0.2) is 21.4 Å². The van der Waals surface area contributed by atoms with Crippen molar-refractivity contribution in [3.63, 3.8) is 0 Å². The molecule has 0 atom stereocenters. The van der Waals surface area contributed by atoms with Crippen molar-refractivity contribution in [2.24, 2.45) is 0 Å². The summed E-state index contributed by atoms with van der Waals surface area (Å²) in [6.07, 6.45) is 0. The fraction of sp³-hybridized carbons (Fsp3) is 0. The molecule has 0 amide bonds. The SMILES string of the molecule is O=S(=O)([O-])c1ccccc1OS(=O)(=O)c1ccccc1.[Na+]. The van der Waals surface area contributed by atoms with Crippen LogP contribution >= 0.6 is 0 Å². The second kappa shape index (κ2) is 6.91. The Labute approximate surface area is 144 Å². The van der Waals surface area contributed by atoms with E-state index in [9.17, 15) is 21.4 Å². The number of para-hydroxylation sites is 1. The Bertz CT molecular complexity index is 816. The molecule has 9 heteroatoms. The van der Waals surface area contributed by atoms with Crippen LogP contribution in [0.3, 0.4) is 0 Å². The molecule has 0 aliphatic carbocycles. The predicted octanol–water partition coefficient (Wildman–Crippen LogP) is -1.64. The van der Waals surface area contributed by atoms with E-state index in [-0.39, 0.29) is 34.5 Å². The van der Waals surface area contributed by atoms with Gasteiger partial charge in [0.2, 0.25) is 0 Å². The summed E-state index contributed by atoms with van der Waals surface area (Å²) in [6.45, 7) is 0. The number of hydrogen-bond acceptors (Lipinski definition) is 6. The Morgan fingerprint density at radius 2 is 1.33 bits per heavy atom. The predicted molar refractivity (Wildman–Crippen MR) is 68.7 cm³/mol. The van der Waals surface area contributed by atoms with E-state index in [4.69, 9.17) is 4.18 Å². The van der Waals surface area contributed by atoms with E-state index in [1.165, 1.54) is 36.4 Å². The van der Waals surface area contributed by atoms with Gasteiger partial charge in [-0.25, -0.2) is 8.42 Å². The molecule has 0 aliphatic heterocycles. The van der Waals surface area contributed by atoms with Crippen molar-refractivity contribution in [2.75, 3.05) is 0 Å². The fourth-order valence-electron chi connectivity index (χ4n) is 1.48. The van der Waals surface area contributed by atoms with Crippen molar-refractivity contribution in [3.8, 4) is 5.75 Å². The second-order valence-corrected chi connectivity index (χ2v) is 6.65. The minimum atomic E-state index is -4.83. The van der Waals surface area contributed by atoms with E-state index >= 15 is 0 Å². The second-order valence-electron chi connectivity index (χ2n) is 3.75. The smallest absolute Gasteiger partial charge is 0.744 e. The van der Waals surface area contributed by atoms with Crippen molar-refractivity contribution >= 4 is 20.2 Å². The van der Waals surface area contributed by atoms with Gasteiger partial charge in [-0.15, -0.1) is 0 Å². The molecule has 0 aromatic heterocycles. The Balaban J connectivity index is 0.00000220. The summed E-state index contributed by atoms with van der Waals surface area (Å²) >= 11 is 0. The molecule has 6 nitrogen and oxygen atoms in total. The largest absolute Gasteiger partial charge is 1.00 e. The molecule has 0 radical (unpaired) electrons. The van der Waals surface area contributed by atoms with E-state index in [0.29, 0.717) is 0 Å². The zero-order valence-electron chi connectivity index (χ0n) is 11.0. The molecular formula is C12H9NaO6S2. The molecule has 0 N–H and O–H groups in total. The third kappa shape index (κ3) is 4.53. The van der Waals surface area contributed by atoms with E-state index in [1.807, 2.05) is 0 Å². The summed E-state index contributed by atoms with van der Waals surface area (Å²) in [4.78, 5) is -0.863. The summed E-state index contributed by atoms with van der Waals surface area (Å²) in [5.41, 5.74) is 0. The van der Waals surface area contributed by atoms with Gasteiger partial charge in [0.15, 0.2) is 5.75 Å². The van der Waals surface area contributed by atoms with Crippen molar-refractivity contribution in [1.82, 2.24) is 0 Å². The summed E-state index contributed by atoms with van der Waals surface area (Å²) in [6, 6.07) is 11.9. The normalized spacial score (nSPS) is 11.5. The molecule has 0 spiro atoms. The van der Waals surface area contributed by atoms with Gasteiger partial charge < -0.3 is 8.74 Å². The van der Waals surface area contributed by atoms with Crippen LogP contribution in [0.4, 0.5) is 0 Å². The van der Waals surface area contributed by atoms with Crippen molar-refractivity contribution in [1.29, 1.82) is 0 Å². The van der Waals surface area contributed by atoms with Crippen molar-refractivity contribution in [2.45, 2.75) is 9.79 Å². The molecule has 0 saturated carbocycles. The molecular weight excluding hydrogens is 327 g/mol. The third-order valence-corrected chi connectivity index (χ3v) is 4.47. The molecule has 106 valence electrons. The summed E-state index contributed by atoms with van der Waals surface area (Å²) < 4.78 is 61.8. The number of rotatable bonds is 4. The molecule has 0 fully saturated rings. The van der Waals surface area contributed by atoms with Gasteiger partial charge in [-0.05, 0) is 24.3 Å². The quantitative estimate of drug-likeness (QED) is 0.377. The van der Waals surface area contributed by atoms with E-state index < -0.39 is 30.9 Å². The zero-order valence-corrected chi connectivity index (χ0v) is 14.6. The van der Waals surface area contributed by atoms with Gasteiger partial charge in [0.25, 0.3) is 0 Å². The summed E-state index contributed by atoms with van der Waals surface area (Å²) in [5, 5.41) is 0. The molecule has 0 heterocycles. The molecule has 2 aromatic carbocycles. The molecule has 2 rings (SSSR count). The van der Waals surface area contributed by atoms with Crippen LogP contribution < -0.4 is 33.7 Å². The van der Waals surface area contributed by atoms with Gasteiger partial charge in [0.05, 0.1) is 4.90 Å². The Hall–Kier alpha value is -0.900. The van der Waals surface area contributed by atoms with Gasteiger partial charge in [-0.3, -0.25) is 0 Å². The zero-order chi connectivity index (χ0) is 14.8. The summed E-state index contributed by atoms with van der Waals surface area (Å²) in [5.74, 6) is -0.522. The van der Waals surface area contributed by atoms with Crippen LogP contribution in [-0.2, 0) is 20.2 Å². The van der Waals surface area contributed by atoms with Crippen LogP contribution in [0, 0.1) is 0 Å². The first kappa shape index (κ1) is 18.1. The summed E-state index contributed by atoms with van der Waals surface area (Å²) in [7, 11) is -9.03. The standard InChI is InChI=1S/C12H10O6S2.Na/c13-19(14,15)12-9-5-4-8-11(12)18-20(16,17)10-6-2-1-3-7-10;/h1-9H,(H,13,14,15);/q;+1/p-1. The van der Waals surface area contributed by atoms with E-state index in [2.05, 4.69) is 0 Å². The van der Waals surface area contributed by atoms with Crippen molar-refractivity contribution in [3.05, 3.63) is 54.6 Å². The van der Waals surface area contributed by atoms with Gasteiger partial charge >= 0.3 is 39.7 Å². The van der Waals surface area contributed by atoms with Crippen molar-refractivity contribution < 1.29 is 55.1 Å². The average molecular weight is 336 g/mol. The molecule has 0 bridgehead atoms. The topological polar surface area (TPSA) is 101 Å². The van der Waals surface area contributed by atoms with E-state index in [0.717, 1.165) is 12.1 Å². The number of benzene rings is 2. The average Bonchev–Trinajstić information content (AvgIpc) is 2.39. The first-order chi connectivity index (χ1) is 9.31. The maximum atomic E-state index is 12.0. The Morgan fingerprint density at radius 3 is 1.90 bits per heavy atom. The maximum Gasteiger partial charge on any atom is 1.00 e. The van der Waals surface area contributed by atoms with Gasteiger partial charge in [-0.2, -0.15) is 8.42 Å². The first-order valence-corrected chi connectivity index (χ1v) is 8.17. The van der Waals surface area contributed by atoms with Gasteiger partial charge in [0.1, 0.15) is 15.0 Å². The first-order valence-electron chi connectivity index (χ1n) is 5.35. The fourth-order valence-corrected chi connectivity index (χ4v) is 3.10. The molecule has 0 saturated heterocycles. The number of hydrogen-bond donors (Lipinski definition) is 0. The third-order valence-electron chi connectivity index (χ3n) is 2.35. The van der Waals surface area contributed by atoms with Crippen LogP contribution in [0.2, 0.25) is 0 Å². The molecule has 0 unspecified atom stereocenters. The van der Waals surface area contributed by atoms with Crippen LogP contribution in [0.25, 0.3) is 0 Å². The van der Waals surface area contributed by atoms with E-state index in [1.54, 1.807) is 6.07 Å². The maximum absolute atomic E-state index is 12.0. The molecule has 0 aliphatic rings. The Morgan fingerprint density at radius 1 is 0.810 bits per heavy atom. The Kier molecular flexibility index (Phi) is 5.97. The van der Waals surface area contributed by atoms with Crippen LogP contribution in [0.15, 0.2) is 64.4 Å². The monoisotopic (exact) mass is 336 g/mol. The minimum absolute atomic E-state index is 0. The van der Waals surface area contributed by atoms with Gasteiger partial charge in [-0.1, -0.05) is 30.3 Å². The molecule has 21 heavy (non-hydrogen) atoms. The van der Waals surface area contributed by atoms with Crippen LogP contribution in [0.1, 0.15) is 0 Å². The minimum Gasteiger partial charge on any atom is -0.744 e. The van der Waals surface area contributed by atoms with Gasteiger partial charge in [0, 0.05) is 0 Å². The molecule has 2 aromatic rings.